The Morgan fingerprint density at radius 1 is 1.00 bits per heavy atom. The third-order valence-electron chi connectivity index (χ3n) is 5.89. The number of aliphatic imine (C=N–C) groups is 1. The number of hydrogen-bond donors (Lipinski definition) is 1. The molecule has 0 spiro atoms. The van der Waals surface area contributed by atoms with Crippen LogP contribution < -0.4 is 5.73 Å². The Balaban J connectivity index is 1.59. The zero-order valence-corrected chi connectivity index (χ0v) is 19.1. The van der Waals surface area contributed by atoms with Crippen LogP contribution in [0.5, 0.6) is 0 Å². The monoisotopic (exact) mass is 429 g/mol. The first kappa shape index (κ1) is 22.0. The Bertz CT molecular complexity index is 1100. The molecular formula is C27H31N3O2. The molecule has 1 amide bonds. The summed E-state index contributed by atoms with van der Waals surface area (Å²) in [7, 11) is 0. The molecule has 32 heavy (non-hydrogen) atoms. The van der Waals surface area contributed by atoms with E-state index < -0.39 is 0 Å². The topological polar surface area (TPSA) is 75.8 Å². The predicted octanol–water partition coefficient (Wildman–Crippen LogP) is 5.37. The minimum Gasteiger partial charge on any atom is -0.387 e. The Morgan fingerprint density at radius 3 is 2.31 bits per heavy atom. The molecule has 0 radical (unpaired) electrons. The van der Waals surface area contributed by atoms with Gasteiger partial charge in [0.1, 0.15) is 5.84 Å². The second-order valence-corrected chi connectivity index (χ2v) is 9.96. The average molecular weight is 430 g/mol. The molecule has 0 aliphatic carbocycles. The smallest absolute Gasteiger partial charge is 0.250 e. The molecule has 5 heteroatoms. The number of amides is 1. The number of hydrogen-bond acceptors (Lipinski definition) is 4. The van der Waals surface area contributed by atoms with E-state index in [1.807, 2.05) is 53.4 Å². The molecule has 0 unspecified atom stereocenters. The summed E-state index contributed by atoms with van der Waals surface area (Å²) < 4.78 is 0. The number of likely N-dealkylation sites (tertiary alicyclic amines) is 1. The number of benzene rings is 2. The highest BCUT2D eigenvalue weighted by molar-refractivity contribution is 6.05. The van der Waals surface area contributed by atoms with Crippen molar-refractivity contribution >= 4 is 29.3 Å². The van der Waals surface area contributed by atoms with Crippen molar-refractivity contribution in [3.8, 4) is 11.1 Å². The van der Waals surface area contributed by atoms with Gasteiger partial charge in [-0.2, -0.15) is 0 Å². The molecule has 1 fully saturated rings. The molecule has 2 aromatic rings. The van der Waals surface area contributed by atoms with Gasteiger partial charge in [-0.25, -0.2) is 4.99 Å². The second-order valence-electron chi connectivity index (χ2n) is 9.96. The standard InChI is InChI=1S/C27H31N3O2/c1-27(2,3)17-24(31)19-8-6-18(7-9-19)20-10-11-21-14-22(16-25(28)29-23(21)15-20)26(32)30-12-4-5-13-30/h6-11,14-15H,4-5,12-13,16-17H2,1-3H3,(H2,28,29). The Kier molecular flexibility index (Phi) is 6.00. The van der Waals surface area contributed by atoms with Gasteiger partial charge in [-0.05, 0) is 41.5 Å². The van der Waals surface area contributed by atoms with Crippen LogP contribution in [0.25, 0.3) is 17.2 Å². The summed E-state index contributed by atoms with van der Waals surface area (Å²) in [5, 5.41) is 0. The number of ketones is 1. The molecule has 2 aliphatic rings. The minimum atomic E-state index is -0.0345. The molecule has 0 bridgehead atoms. The van der Waals surface area contributed by atoms with Crippen LogP contribution in [0.1, 0.15) is 62.4 Å². The number of nitrogens with two attached hydrogens (primary N) is 1. The average Bonchev–Trinajstić information content (AvgIpc) is 3.22. The first-order valence-electron chi connectivity index (χ1n) is 11.3. The molecule has 2 aromatic carbocycles. The van der Waals surface area contributed by atoms with Crippen LogP contribution in [0.3, 0.4) is 0 Å². The maximum Gasteiger partial charge on any atom is 0.250 e. The Hall–Kier alpha value is -3.21. The van der Waals surface area contributed by atoms with Gasteiger partial charge in [0, 0.05) is 42.6 Å². The highest BCUT2D eigenvalue weighted by Crippen LogP contribution is 2.32. The molecular weight excluding hydrogens is 398 g/mol. The van der Waals surface area contributed by atoms with Crippen molar-refractivity contribution in [2.75, 3.05) is 13.1 Å². The number of fused-ring (bicyclic) bond motifs is 1. The number of nitrogens with zero attached hydrogens (tertiary/aromatic N) is 2. The fraction of sp³-hybridized carbons (Fsp3) is 0.370. The lowest BCUT2D eigenvalue weighted by molar-refractivity contribution is -0.126. The fourth-order valence-corrected chi connectivity index (χ4v) is 4.26. The normalized spacial score (nSPS) is 16.2. The van der Waals surface area contributed by atoms with Crippen molar-refractivity contribution in [3.05, 3.63) is 59.2 Å². The second kappa shape index (κ2) is 8.73. The molecule has 0 atom stereocenters. The van der Waals surface area contributed by atoms with E-state index in [1.165, 1.54) is 0 Å². The van der Waals surface area contributed by atoms with Gasteiger partial charge in [-0.1, -0.05) is 57.2 Å². The van der Waals surface area contributed by atoms with E-state index in [4.69, 9.17) is 5.73 Å². The molecule has 4 rings (SSSR count). The molecule has 2 heterocycles. The summed E-state index contributed by atoms with van der Waals surface area (Å²) in [5.41, 5.74) is 11.2. The summed E-state index contributed by atoms with van der Waals surface area (Å²) in [6.07, 6.45) is 4.93. The van der Waals surface area contributed by atoms with Crippen LogP contribution in [-0.2, 0) is 4.79 Å². The first-order valence-corrected chi connectivity index (χ1v) is 11.3. The zero-order chi connectivity index (χ0) is 22.9. The third-order valence-corrected chi connectivity index (χ3v) is 5.89. The summed E-state index contributed by atoms with van der Waals surface area (Å²) >= 11 is 0. The van der Waals surface area contributed by atoms with Gasteiger partial charge in [0.15, 0.2) is 5.78 Å². The van der Waals surface area contributed by atoms with Crippen LogP contribution in [0.2, 0.25) is 0 Å². The molecule has 1 saturated heterocycles. The van der Waals surface area contributed by atoms with E-state index in [2.05, 4.69) is 25.8 Å². The van der Waals surface area contributed by atoms with E-state index in [-0.39, 0.29) is 17.1 Å². The SMILES string of the molecule is CC(C)(C)CC(=O)c1ccc(-c2ccc3c(c2)N=C(N)CC(C(=O)N2CCCC2)=C3)cc1. The predicted molar refractivity (Wildman–Crippen MR) is 130 cm³/mol. The van der Waals surface area contributed by atoms with Gasteiger partial charge in [0.2, 0.25) is 5.91 Å². The van der Waals surface area contributed by atoms with E-state index in [9.17, 15) is 9.59 Å². The van der Waals surface area contributed by atoms with Crippen molar-refractivity contribution < 1.29 is 9.59 Å². The van der Waals surface area contributed by atoms with E-state index in [1.54, 1.807) is 0 Å². The molecule has 166 valence electrons. The lowest BCUT2D eigenvalue weighted by atomic mass is 9.87. The molecule has 2 N–H and O–H groups in total. The quantitative estimate of drug-likeness (QED) is 0.664. The summed E-state index contributed by atoms with van der Waals surface area (Å²) in [5.74, 6) is 0.666. The van der Waals surface area contributed by atoms with E-state index in [0.29, 0.717) is 24.3 Å². The fourth-order valence-electron chi connectivity index (χ4n) is 4.26. The van der Waals surface area contributed by atoms with Gasteiger partial charge in [0.25, 0.3) is 0 Å². The van der Waals surface area contributed by atoms with Gasteiger partial charge >= 0.3 is 0 Å². The largest absolute Gasteiger partial charge is 0.387 e. The van der Waals surface area contributed by atoms with Crippen molar-refractivity contribution in [2.45, 2.75) is 46.5 Å². The number of carbonyl (C=O) groups excluding carboxylic acids is 2. The van der Waals surface area contributed by atoms with Gasteiger partial charge < -0.3 is 10.6 Å². The van der Waals surface area contributed by atoms with Gasteiger partial charge in [-0.15, -0.1) is 0 Å². The van der Waals surface area contributed by atoms with Crippen LogP contribution >= 0.6 is 0 Å². The van der Waals surface area contributed by atoms with Crippen LogP contribution in [0.15, 0.2) is 53.0 Å². The number of rotatable bonds is 4. The molecule has 5 nitrogen and oxygen atoms in total. The van der Waals surface area contributed by atoms with Crippen LogP contribution in [0, 0.1) is 5.41 Å². The van der Waals surface area contributed by atoms with E-state index >= 15 is 0 Å². The lowest BCUT2D eigenvalue weighted by Gasteiger charge is -2.17. The number of amidine groups is 1. The lowest BCUT2D eigenvalue weighted by Crippen LogP contribution is -2.30. The molecule has 0 saturated carbocycles. The van der Waals surface area contributed by atoms with Crippen molar-refractivity contribution in [3.63, 3.8) is 0 Å². The molecule has 0 aromatic heterocycles. The van der Waals surface area contributed by atoms with Crippen LogP contribution in [0.4, 0.5) is 5.69 Å². The Labute approximate surface area is 190 Å². The van der Waals surface area contributed by atoms with Crippen molar-refractivity contribution in [1.82, 2.24) is 4.90 Å². The van der Waals surface area contributed by atoms with Crippen LogP contribution in [-0.4, -0.2) is 35.5 Å². The van der Waals surface area contributed by atoms with E-state index in [0.717, 1.165) is 53.9 Å². The third kappa shape index (κ3) is 4.98. The summed E-state index contributed by atoms with van der Waals surface area (Å²) in [6, 6.07) is 13.7. The van der Waals surface area contributed by atoms with Crippen molar-refractivity contribution in [1.29, 1.82) is 0 Å². The minimum absolute atomic E-state index is 0.0345. The highest BCUT2D eigenvalue weighted by Gasteiger charge is 2.24. The number of Topliss-reactive ketones (excluding diaryl/α,β-unsaturated/α-hetero) is 1. The van der Waals surface area contributed by atoms with Crippen molar-refractivity contribution in [2.24, 2.45) is 16.1 Å². The van der Waals surface area contributed by atoms with Gasteiger partial charge in [-0.3, -0.25) is 9.59 Å². The number of carbonyl (C=O) groups is 2. The highest BCUT2D eigenvalue weighted by atomic mass is 16.2. The summed E-state index contributed by atoms with van der Waals surface area (Å²) in [4.78, 5) is 31.9. The zero-order valence-electron chi connectivity index (χ0n) is 19.1. The summed E-state index contributed by atoms with van der Waals surface area (Å²) in [6.45, 7) is 7.83. The Morgan fingerprint density at radius 2 is 1.66 bits per heavy atom. The van der Waals surface area contributed by atoms with Gasteiger partial charge in [0.05, 0.1) is 5.69 Å². The first-order chi connectivity index (χ1) is 15.2. The maximum absolute atomic E-state index is 12.9. The maximum atomic E-state index is 12.9. The molecule has 2 aliphatic heterocycles.